The molecule has 0 saturated carbocycles. The molecule has 0 aliphatic carbocycles. The number of hydrogen-bond acceptors (Lipinski definition) is 4. The molecule has 1 aromatic rings. The van der Waals surface area contributed by atoms with Gasteiger partial charge >= 0.3 is 5.97 Å². The van der Waals surface area contributed by atoms with Gasteiger partial charge in [-0.15, -0.1) is 0 Å². The Morgan fingerprint density at radius 2 is 1.22 bits per heavy atom. The van der Waals surface area contributed by atoms with Crippen molar-refractivity contribution in [1.82, 2.24) is 5.32 Å². The number of benzene rings is 1. The summed E-state index contributed by atoms with van der Waals surface area (Å²) in [6.07, 6.45) is 19.3. The predicted molar refractivity (Wildman–Crippen MR) is 129 cm³/mol. The number of carbonyl (C=O) groups is 3. The van der Waals surface area contributed by atoms with Crippen LogP contribution in [0.1, 0.15) is 108 Å². The highest BCUT2D eigenvalue weighted by molar-refractivity contribution is 5.81. The van der Waals surface area contributed by atoms with Crippen molar-refractivity contribution in [3.8, 4) is 0 Å². The van der Waals surface area contributed by atoms with Crippen molar-refractivity contribution in [2.75, 3.05) is 6.54 Å². The first-order valence-corrected chi connectivity index (χ1v) is 12.6. The van der Waals surface area contributed by atoms with Gasteiger partial charge in [0.15, 0.2) is 0 Å². The van der Waals surface area contributed by atoms with Crippen molar-refractivity contribution in [2.45, 2.75) is 109 Å². The summed E-state index contributed by atoms with van der Waals surface area (Å²) in [4.78, 5) is 33.8. The van der Waals surface area contributed by atoms with E-state index in [1.807, 2.05) is 30.3 Å². The summed E-state index contributed by atoms with van der Waals surface area (Å²) in [5, 5.41) is 2.64. The van der Waals surface area contributed by atoms with Crippen LogP contribution in [0, 0.1) is 0 Å². The van der Waals surface area contributed by atoms with Crippen molar-refractivity contribution < 1.29 is 19.1 Å². The van der Waals surface area contributed by atoms with E-state index in [4.69, 9.17) is 4.74 Å². The van der Waals surface area contributed by atoms with Crippen LogP contribution in [0.2, 0.25) is 0 Å². The SMILES string of the molecule is O=CCCCCCCCCCCCCCCCCC(=O)NCC(=O)OCc1ccccc1. The number of nitrogens with one attached hydrogen (secondary N) is 1. The van der Waals surface area contributed by atoms with E-state index in [1.165, 1.54) is 70.6 Å². The summed E-state index contributed by atoms with van der Waals surface area (Å²) in [7, 11) is 0. The molecule has 0 heterocycles. The van der Waals surface area contributed by atoms with E-state index in [0.29, 0.717) is 6.42 Å². The first-order chi connectivity index (χ1) is 15.7. The number of aldehydes is 1. The van der Waals surface area contributed by atoms with Gasteiger partial charge in [0, 0.05) is 12.8 Å². The number of hydrogen-bond donors (Lipinski definition) is 1. The maximum Gasteiger partial charge on any atom is 0.325 e. The highest BCUT2D eigenvalue weighted by Crippen LogP contribution is 2.13. The van der Waals surface area contributed by atoms with Gasteiger partial charge in [0.1, 0.15) is 19.4 Å². The molecular formula is C27H43NO4. The lowest BCUT2D eigenvalue weighted by Crippen LogP contribution is -2.30. The van der Waals surface area contributed by atoms with Gasteiger partial charge in [0.25, 0.3) is 0 Å². The van der Waals surface area contributed by atoms with Crippen molar-refractivity contribution in [3.05, 3.63) is 35.9 Å². The smallest absolute Gasteiger partial charge is 0.325 e. The summed E-state index contributed by atoms with van der Waals surface area (Å²) in [6, 6.07) is 9.51. The zero-order valence-electron chi connectivity index (χ0n) is 19.8. The Bertz CT molecular complexity index is 603. The van der Waals surface area contributed by atoms with Gasteiger partial charge in [0.05, 0.1) is 0 Å². The van der Waals surface area contributed by atoms with E-state index < -0.39 is 5.97 Å². The maximum absolute atomic E-state index is 11.8. The molecule has 5 nitrogen and oxygen atoms in total. The Morgan fingerprint density at radius 3 is 1.75 bits per heavy atom. The molecular weight excluding hydrogens is 402 g/mol. The molecule has 0 radical (unpaired) electrons. The predicted octanol–water partition coefficient (Wildman–Crippen LogP) is 6.29. The number of ether oxygens (including phenoxy) is 1. The molecule has 0 atom stereocenters. The molecule has 0 fully saturated rings. The molecule has 1 amide bonds. The van der Waals surface area contributed by atoms with Gasteiger partial charge in [-0.25, -0.2) is 0 Å². The molecule has 1 rings (SSSR count). The van der Waals surface area contributed by atoms with Crippen LogP contribution in [0.3, 0.4) is 0 Å². The zero-order chi connectivity index (χ0) is 23.1. The number of carbonyl (C=O) groups excluding carboxylic acids is 3. The van der Waals surface area contributed by atoms with Crippen LogP contribution in [0.4, 0.5) is 0 Å². The van der Waals surface area contributed by atoms with Gasteiger partial charge in [0.2, 0.25) is 5.91 Å². The average molecular weight is 446 g/mol. The minimum atomic E-state index is -0.406. The zero-order valence-corrected chi connectivity index (χ0v) is 19.8. The first kappa shape index (κ1) is 27.9. The largest absolute Gasteiger partial charge is 0.460 e. The van der Waals surface area contributed by atoms with Gasteiger partial charge in [-0.05, 0) is 18.4 Å². The monoisotopic (exact) mass is 445 g/mol. The standard InChI is InChI=1S/C27H43NO4/c29-22-18-13-11-9-7-5-3-1-2-4-6-8-10-12-17-21-26(30)28-23-27(31)32-24-25-19-15-14-16-20-25/h14-16,19-20,22H,1-13,17-18,21,23-24H2,(H,28,30). The number of unbranched alkanes of at least 4 members (excludes halogenated alkanes) is 14. The Morgan fingerprint density at radius 1 is 0.719 bits per heavy atom. The van der Waals surface area contributed by atoms with Crippen LogP contribution >= 0.6 is 0 Å². The molecule has 180 valence electrons. The second-order valence-electron chi connectivity index (χ2n) is 8.58. The normalized spacial score (nSPS) is 10.6. The molecule has 32 heavy (non-hydrogen) atoms. The van der Waals surface area contributed by atoms with E-state index in [0.717, 1.165) is 37.5 Å². The fourth-order valence-electron chi connectivity index (χ4n) is 3.68. The van der Waals surface area contributed by atoms with Crippen LogP contribution in [-0.4, -0.2) is 24.7 Å². The molecule has 0 spiro atoms. The summed E-state index contributed by atoms with van der Waals surface area (Å²) >= 11 is 0. The number of amides is 1. The second-order valence-corrected chi connectivity index (χ2v) is 8.58. The Balaban J connectivity index is 1.80. The molecule has 0 aliphatic heterocycles. The maximum atomic E-state index is 11.8. The third-order valence-electron chi connectivity index (χ3n) is 5.65. The van der Waals surface area contributed by atoms with Gasteiger partial charge < -0.3 is 14.8 Å². The van der Waals surface area contributed by atoms with Crippen LogP contribution in [0.5, 0.6) is 0 Å². The molecule has 0 unspecified atom stereocenters. The van der Waals surface area contributed by atoms with E-state index in [9.17, 15) is 14.4 Å². The van der Waals surface area contributed by atoms with Crippen LogP contribution in [0.25, 0.3) is 0 Å². The van der Waals surface area contributed by atoms with Crippen molar-refractivity contribution >= 4 is 18.2 Å². The molecule has 0 aromatic heterocycles. The van der Waals surface area contributed by atoms with Gasteiger partial charge in [-0.1, -0.05) is 107 Å². The minimum absolute atomic E-state index is 0.0637. The summed E-state index contributed by atoms with van der Waals surface area (Å²) in [6.45, 7) is 0.171. The van der Waals surface area contributed by atoms with E-state index in [2.05, 4.69) is 5.32 Å². The average Bonchev–Trinajstić information content (AvgIpc) is 2.81. The van der Waals surface area contributed by atoms with E-state index in [-0.39, 0.29) is 19.1 Å². The lowest BCUT2D eigenvalue weighted by atomic mass is 10.0. The number of esters is 1. The molecule has 0 saturated heterocycles. The summed E-state index contributed by atoms with van der Waals surface area (Å²) < 4.78 is 5.15. The Kier molecular flexibility index (Phi) is 18.0. The molecule has 1 N–H and O–H groups in total. The lowest BCUT2D eigenvalue weighted by Gasteiger charge is -2.07. The fourth-order valence-corrected chi connectivity index (χ4v) is 3.68. The summed E-state index contributed by atoms with van der Waals surface area (Å²) in [5.41, 5.74) is 0.936. The first-order valence-electron chi connectivity index (χ1n) is 12.6. The highest BCUT2D eigenvalue weighted by atomic mass is 16.5. The number of rotatable bonds is 21. The Labute approximate surface area is 194 Å². The van der Waals surface area contributed by atoms with Gasteiger partial charge in [-0.3, -0.25) is 9.59 Å². The minimum Gasteiger partial charge on any atom is -0.460 e. The summed E-state index contributed by atoms with van der Waals surface area (Å²) in [5.74, 6) is -0.484. The van der Waals surface area contributed by atoms with Crippen LogP contribution in [0.15, 0.2) is 30.3 Å². The fraction of sp³-hybridized carbons (Fsp3) is 0.667. The Hall–Kier alpha value is -2.17. The quantitative estimate of drug-likeness (QED) is 0.137. The third-order valence-corrected chi connectivity index (χ3v) is 5.65. The lowest BCUT2D eigenvalue weighted by molar-refractivity contribution is -0.145. The van der Waals surface area contributed by atoms with Crippen LogP contribution in [-0.2, 0) is 25.7 Å². The molecule has 1 aromatic carbocycles. The molecule has 0 bridgehead atoms. The third kappa shape index (κ3) is 17.5. The molecule has 0 aliphatic rings. The van der Waals surface area contributed by atoms with E-state index >= 15 is 0 Å². The van der Waals surface area contributed by atoms with Gasteiger partial charge in [-0.2, -0.15) is 0 Å². The highest BCUT2D eigenvalue weighted by Gasteiger charge is 2.07. The van der Waals surface area contributed by atoms with Crippen molar-refractivity contribution in [2.24, 2.45) is 0 Å². The molecule has 5 heteroatoms. The van der Waals surface area contributed by atoms with Crippen molar-refractivity contribution in [1.29, 1.82) is 0 Å². The van der Waals surface area contributed by atoms with Crippen LogP contribution < -0.4 is 5.32 Å². The van der Waals surface area contributed by atoms with Crippen molar-refractivity contribution in [3.63, 3.8) is 0 Å². The topological polar surface area (TPSA) is 72.5 Å². The second kappa shape index (κ2) is 20.7. The van der Waals surface area contributed by atoms with E-state index in [1.54, 1.807) is 0 Å².